The number of benzene rings is 1. The van der Waals surface area contributed by atoms with Gasteiger partial charge in [-0.3, -0.25) is 4.79 Å². The van der Waals surface area contributed by atoms with E-state index in [1.165, 1.54) is 6.20 Å². The molecule has 8 nitrogen and oxygen atoms in total. The molecule has 0 spiro atoms. The molecule has 0 atom stereocenters. The van der Waals surface area contributed by atoms with Crippen molar-refractivity contribution in [1.82, 2.24) is 20.6 Å². The molecule has 0 aliphatic heterocycles. The summed E-state index contributed by atoms with van der Waals surface area (Å²) in [6, 6.07) is 6.94. The van der Waals surface area contributed by atoms with E-state index in [2.05, 4.69) is 31.3 Å². The third-order valence-electron chi connectivity index (χ3n) is 2.84. The number of aromatic nitrogens is 4. The molecule has 2 aromatic rings. The van der Waals surface area contributed by atoms with Gasteiger partial charge < -0.3 is 10.6 Å². The molecule has 1 amide bonds. The lowest BCUT2D eigenvalue weighted by Crippen LogP contribution is -2.18. The number of nitriles is 1. The van der Waals surface area contributed by atoms with E-state index >= 15 is 0 Å². The zero-order valence-electron chi connectivity index (χ0n) is 12.5. The van der Waals surface area contributed by atoms with E-state index in [0.717, 1.165) is 0 Å². The smallest absolute Gasteiger partial charge is 0.226 e. The largest absolute Gasteiger partial charge is 0.359 e. The van der Waals surface area contributed by atoms with Gasteiger partial charge in [-0.15, -0.1) is 10.2 Å². The van der Waals surface area contributed by atoms with E-state index in [9.17, 15) is 4.79 Å². The van der Waals surface area contributed by atoms with Crippen LogP contribution in [-0.4, -0.2) is 26.5 Å². The van der Waals surface area contributed by atoms with Crippen LogP contribution >= 0.6 is 11.6 Å². The third-order valence-corrected chi connectivity index (χ3v) is 3.08. The molecule has 0 saturated carbocycles. The molecule has 1 aromatic carbocycles. The first-order valence-electron chi connectivity index (χ1n) is 6.72. The molecule has 0 aliphatic carbocycles. The van der Waals surface area contributed by atoms with Gasteiger partial charge in [0.1, 0.15) is 11.6 Å². The Kier molecular flexibility index (Phi) is 5.28. The summed E-state index contributed by atoms with van der Waals surface area (Å²) in [4.78, 5) is 11.9. The van der Waals surface area contributed by atoms with Gasteiger partial charge in [0.2, 0.25) is 11.7 Å². The first kappa shape index (κ1) is 16.5. The fraction of sp³-hybridized carbons (Fsp3) is 0.214. The van der Waals surface area contributed by atoms with Crippen LogP contribution < -0.4 is 10.6 Å². The van der Waals surface area contributed by atoms with Gasteiger partial charge in [0.15, 0.2) is 0 Å². The summed E-state index contributed by atoms with van der Waals surface area (Å²) in [6.45, 7) is 3.59. The first-order valence-corrected chi connectivity index (χ1v) is 7.10. The van der Waals surface area contributed by atoms with Crippen LogP contribution in [0.25, 0.3) is 5.57 Å². The molecule has 0 fully saturated rings. The summed E-state index contributed by atoms with van der Waals surface area (Å²) >= 11 is 5.99. The minimum Gasteiger partial charge on any atom is -0.359 e. The molecule has 1 aromatic heterocycles. The van der Waals surface area contributed by atoms with Crippen LogP contribution in [0.5, 0.6) is 0 Å². The topological polar surface area (TPSA) is 119 Å². The normalized spacial score (nSPS) is 11.2. The highest BCUT2D eigenvalue weighted by Crippen LogP contribution is 2.27. The zero-order chi connectivity index (χ0) is 16.8. The fourth-order valence-electron chi connectivity index (χ4n) is 1.59. The van der Waals surface area contributed by atoms with Crippen LogP contribution in [0.15, 0.2) is 24.4 Å². The number of rotatable bonds is 5. The van der Waals surface area contributed by atoms with Crippen molar-refractivity contribution in [2.75, 3.05) is 10.6 Å². The minimum atomic E-state index is -0.164. The lowest BCUT2D eigenvalue weighted by molar-refractivity contribution is -0.118. The van der Waals surface area contributed by atoms with Crippen LogP contribution in [0.4, 0.5) is 11.4 Å². The average molecular weight is 332 g/mol. The van der Waals surface area contributed by atoms with Crippen molar-refractivity contribution in [2.24, 2.45) is 5.92 Å². The molecular weight excluding hydrogens is 318 g/mol. The number of aromatic amines is 1. The number of H-pyrrole nitrogens is 1. The maximum atomic E-state index is 11.9. The van der Waals surface area contributed by atoms with Crippen molar-refractivity contribution in [3.05, 3.63) is 35.2 Å². The number of amides is 1. The predicted molar refractivity (Wildman–Crippen MR) is 86.3 cm³/mol. The second-order valence-electron chi connectivity index (χ2n) is 4.88. The van der Waals surface area contributed by atoms with Gasteiger partial charge in [0.25, 0.3) is 0 Å². The first-order chi connectivity index (χ1) is 11.0. The Morgan fingerprint density at radius 3 is 2.83 bits per heavy atom. The van der Waals surface area contributed by atoms with Crippen LogP contribution in [-0.2, 0) is 4.79 Å². The highest BCUT2D eigenvalue weighted by molar-refractivity contribution is 6.31. The Bertz CT molecular complexity index is 762. The number of halogens is 1. The van der Waals surface area contributed by atoms with Gasteiger partial charge in [-0.25, -0.2) is 0 Å². The average Bonchev–Trinajstić information content (AvgIpc) is 3.04. The Hall–Kier alpha value is -2.92. The van der Waals surface area contributed by atoms with Gasteiger partial charge >= 0.3 is 0 Å². The molecule has 0 aliphatic rings. The number of hydrogen-bond donors (Lipinski definition) is 3. The van der Waals surface area contributed by atoms with Gasteiger partial charge in [-0.05, 0) is 23.4 Å². The molecule has 0 saturated heterocycles. The lowest BCUT2D eigenvalue weighted by Gasteiger charge is -2.13. The molecule has 0 radical (unpaired) electrons. The molecular formula is C14H14ClN7O. The van der Waals surface area contributed by atoms with Crippen molar-refractivity contribution in [3.8, 4) is 6.07 Å². The number of hydrogen-bond acceptors (Lipinski definition) is 6. The van der Waals surface area contributed by atoms with Crippen LogP contribution in [0, 0.1) is 17.2 Å². The van der Waals surface area contributed by atoms with E-state index in [-0.39, 0.29) is 23.2 Å². The molecule has 0 bridgehead atoms. The van der Waals surface area contributed by atoms with E-state index in [1.807, 2.05) is 6.07 Å². The summed E-state index contributed by atoms with van der Waals surface area (Å²) < 4.78 is 0. The Labute approximate surface area is 137 Å². The molecule has 0 unspecified atom stereocenters. The minimum absolute atomic E-state index is 0.127. The van der Waals surface area contributed by atoms with Crippen LogP contribution in [0.3, 0.4) is 0 Å². The quantitative estimate of drug-likeness (QED) is 0.724. The summed E-state index contributed by atoms with van der Waals surface area (Å²) in [5.41, 5.74) is 1.28. The maximum absolute atomic E-state index is 11.9. The number of allylic oxidation sites excluding steroid dienone is 1. The maximum Gasteiger partial charge on any atom is 0.226 e. The van der Waals surface area contributed by atoms with Crippen LogP contribution in [0.2, 0.25) is 5.02 Å². The van der Waals surface area contributed by atoms with Gasteiger partial charge in [-0.1, -0.05) is 25.4 Å². The third kappa shape index (κ3) is 4.28. The van der Waals surface area contributed by atoms with E-state index < -0.39 is 0 Å². The summed E-state index contributed by atoms with van der Waals surface area (Å²) in [5, 5.41) is 28.5. The summed E-state index contributed by atoms with van der Waals surface area (Å²) in [6.07, 6.45) is 1.42. The van der Waals surface area contributed by atoms with Gasteiger partial charge in [0.05, 0.1) is 11.4 Å². The van der Waals surface area contributed by atoms with Crippen molar-refractivity contribution in [1.29, 1.82) is 5.26 Å². The molecule has 3 N–H and O–H groups in total. The molecule has 2 rings (SSSR count). The predicted octanol–water partition coefficient (Wildman–Crippen LogP) is 2.42. The summed E-state index contributed by atoms with van der Waals surface area (Å²) in [7, 11) is 0. The number of nitrogens with zero attached hydrogens (tertiary/aromatic N) is 4. The lowest BCUT2D eigenvalue weighted by atomic mass is 10.2. The summed E-state index contributed by atoms with van der Waals surface area (Å²) in [5.74, 6) is -0.129. The number of tetrazole rings is 1. The Balaban J connectivity index is 2.26. The second kappa shape index (κ2) is 7.38. The van der Waals surface area contributed by atoms with E-state index in [1.54, 1.807) is 32.0 Å². The van der Waals surface area contributed by atoms with Crippen molar-refractivity contribution in [2.45, 2.75) is 13.8 Å². The number of carbonyl (C=O) groups excluding carboxylic acids is 1. The molecule has 9 heteroatoms. The number of nitrogens with one attached hydrogen (secondary N) is 3. The number of carbonyl (C=O) groups is 1. The Morgan fingerprint density at radius 2 is 2.22 bits per heavy atom. The van der Waals surface area contributed by atoms with Gasteiger partial charge in [-0.2, -0.15) is 10.5 Å². The van der Waals surface area contributed by atoms with Gasteiger partial charge in [0, 0.05) is 17.1 Å². The standard InChI is InChI=1S/C14H14ClN7O/c1-8(2)14(23)18-11-4-3-10(15)5-12(11)17-7-9(6-16)13-19-21-22-20-13/h3-5,7-8,17H,1-2H3,(H,18,23)(H,19,20,21,22). The monoisotopic (exact) mass is 331 g/mol. The highest BCUT2D eigenvalue weighted by atomic mass is 35.5. The van der Waals surface area contributed by atoms with Crippen molar-refractivity contribution in [3.63, 3.8) is 0 Å². The number of anilines is 2. The molecule has 118 valence electrons. The SMILES string of the molecule is CC(C)C(=O)Nc1ccc(Cl)cc1NC=C(C#N)c1nn[nH]n1. The zero-order valence-corrected chi connectivity index (χ0v) is 13.2. The van der Waals surface area contributed by atoms with E-state index in [0.29, 0.717) is 16.4 Å². The fourth-order valence-corrected chi connectivity index (χ4v) is 1.77. The van der Waals surface area contributed by atoms with Crippen molar-refractivity contribution < 1.29 is 4.79 Å². The Morgan fingerprint density at radius 1 is 1.43 bits per heavy atom. The molecule has 1 heterocycles. The molecule has 23 heavy (non-hydrogen) atoms. The van der Waals surface area contributed by atoms with Crippen LogP contribution in [0.1, 0.15) is 19.7 Å². The van der Waals surface area contributed by atoms with E-state index in [4.69, 9.17) is 16.9 Å². The second-order valence-corrected chi connectivity index (χ2v) is 5.32. The highest BCUT2D eigenvalue weighted by Gasteiger charge is 2.11. The van der Waals surface area contributed by atoms with Crippen molar-refractivity contribution >= 4 is 34.5 Å².